The van der Waals surface area contributed by atoms with E-state index in [9.17, 15) is 9.59 Å². The lowest BCUT2D eigenvalue weighted by Gasteiger charge is -2.17. The van der Waals surface area contributed by atoms with E-state index in [1.54, 1.807) is 29.9 Å². The Hall–Kier alpha value is -2.73. The number of hydrogen-bond donors (Lipinski definition) is 1. The number of ether oxygens (including phenoxy) is 1. The number of likely N-dealkylation sites (N-methyl/N-ethyl adjacent to an activating group) is 1. The van der Waals surface area contributed by atoms with Gasteiger partial charge in [-0.25, -0.2) is 4.79 Å². The van der Waals surface area contributed by atoms with E-state index in [1.807, 2.05) is 54.8 Å². The van der Waals surface area contributed by atoms with Gasteiger partial charge in [-0.1, -0.05) is 30.3 Å². The minimum absolute atomic E-state index is 0.243. The normalized spacial score (nSPS) is 10.7. The highest BCUT2D eigenvalue weighted by Crippen LogP contribution is 2.19. The van der Waals surface area contributed by atoms with Crippen molar-refractivity contribution < 1.29 is 14.3 Å². The molecule has 26 heavy (non-hydrogen) atoms. The van der Waals surface area contributed by atoms with E-state index in [4.69, 9.17) is 4.74 Å². The number of benzene rings is 2. The number of carbonyl (C=O) groups excluding carboxylic acids is 2. The Kier molecular flexibility index (Phi) is 5.63. The number of fused-ring (bicyclic) bond motifs is 1. The fourth-order valence-corrected chi connectivity index (χ4v) is 3.06. The zero-order valence-corrected chi connectivity index (χ0v) is 15.5. The van der Waals surface area contributed by atoms with Gasteiger partial charge in [-0.2, -0.15) is 0 Å². The monoisotopic (exact) mass is 368 g/mol. The summed E-state index contributed by atoms with van der Waals surface area (Å²) in [4.78, 5) is 30.3. The van der Waals surface area contributed by atoms with Gasteiger partial charge in [0.2, 0.25) is 0 Å². The first kappa shape index (κ1) is 18.1. The Balaban J connectivity index is 1.56. The third-order valence-corrected chi connectivity index (χ3v) is 4.88. The van der Waals surface area contributed by atoms with E-state index < -0.39 is 5.97 Å². The fraction of sp³-hybridized carbons (Fsp3) is 0.200. The van der Waals surface area contributed by atoms with Crippen molar-refractivity contribution in [3.63, 3.8) is 0 Å². The van der Waals surface area contributed by atoms with Crippen LogP contribution in [-0.2, 0) is 16.1 Å². The van der Waals surface area contributed by atoms with Gasteiger partial charge in [-0.05, 0) is 30.0 Å². The van der Waals surface area contributed by atoms with Gasteiger partial charge in [-0.3, -0.25) is 4.79 Å². The number of para-hydroxylation sites is 1. The zero-order chi connectivity index (χ0) is 18.5. The molecule has 1 N–H and O–H groups in total. The Morgan fingerprint density at radius 2 is 1.85 bits per heavy atom. The van der Waals surface area contributed by atoms with Gasteiger partial charge in [0, 0.05) is 35.6 Å². The first-order valence-electron chi connectivity index (χ1n) is 8.18. The first-order chi connectivity index (χ1) is 12.6. The molecule has 0 aliphatic heterocycles. The zero-order valence-electron chi connectivity index (χ0n) is 14.7. The number of esters is 1. The number of rotatable bonds is 6. The van der Waals surface area contributed by atoms with Crippen molar-refractivity contribution in [3.8, 4) is 0 Å². The SMILES string of the molecule is CSc1ccc(CN(C)C(=O)COC(=O)c2c[nH]c3ccccc23)cc1. The summed E-state index contributed by atoms with van der Waals surface area (Å²) in [6.45, 7) is 0.190. The average Bonchev–Trinajstić information content (AvgIpc) is 3.10. The molecule has 1 amide bonds. The second-order valence-electron chi connectivity index (χ2n) is 5.92. The molecule has 0 unspecified atom stereocenters. The Labute approximate surface area is 156 Å². The van der Waals surface area contributed by atoms with Crippen molar-refractivity contribution in [1.29, 1.82) is 0 Å². The molecule has 0 saturated carbocycles. The fourth-order valence-electron chi connectivity index (χ4n) is 2.65. The predicted octanol–water partition coefficient (Wildman–Crippen LogP) is 3.71. The van der Waals surface area contributed by atoms with Gasteiger partial charge < -0.3 is 14.6 Å². The van der Waals surface area contributed by atoms with Gasteiger partial charge in [0.1, 0.15) is 0 Å². The molecule has 6 heteroatoms. The molecule has 0 bridgehead atoms. The molecule has 1 heterocycles. The summed E-state index contributed by atoms with van der Waals surface area (Å²) in [7, 11) is 1.70. The van der Waals surface area contributed by atoms with Gasteiger partial charge >= 0.3 is 5.97 Å². The van der Waals surface area contributed by atoms with E-state index >= 15 is 0 Å². The maximum absolute atomic E-state index is 12.3. The second kappa shape index (κ2) is 8.10. The standard InChI is InChI=1S/C20H20N2O3S/c1-22(12-14-7-9-15(26-2)10-8-14)19(23)13-25-20(24)17-11-21-18-6-4-3-5-16(17)18/h3-11,21H,12-13H2,1-2H3. The van der Waals surface area contributed by atoms with Crippen LogP contribution < -0.4 is 0 Å². The molecule has 0 spiro atoms. The van der Waals surface area contributed by atoms with Crippen LogP contribution in [0.4, 0.5) is 0 Å². The highest BCUT2D eigenvalue weighted by atomic mass is 32.2. The minimum atomic E-state index is -0.506. The Bertz CT molecular complexity index is 918. The van der Waals surface area contributed by atoms with Crippen LogP contribution in [0, 0.1) is 0 Å². The summed E-state index contributed by atoms with van der Waals surface area (Å²) in [5.74, 6) is -0.749. The van der Waals surface area contributed by atoms with Crippen molar-refractivity contribution in [3.05, 3.63) is 65.9 Å². The smallest absolute Gasteiger partial charge is 0.340 e. The van der Waals surface area contributed by atoms with E-state index in [0.717, 1.165) is 16.5 Å². The van der Waals surface area contributed by atoms with Crippen LogP contribution >= 0.6 is 11.8 Å². The molecule has 3 aromatic rings. The molecule has 0 saturated heterocycles. The van der Waals surface area contributed by atoms with Crippen molar-refractivity contribution in [2.75, 3.05) is 19.9 Å². The van der Waals surface area contributed by atoms with Crippen LogP contribution in [0.25, 0.3) is 10.9 Å². The Morgan fingerprint density at radius 1 is 1.12 bits per heavy atom. The topological polar surface area (TPSA) is 62.4 Å². The molecule has 0 radical (unpaired) electrons. The molecular weight excluding hydrogens is 348 g/mol. The van der Waals surface area contributed by atoms with E-state index in [0.29, 0.717) is 12.1 Å². The van der Waals surface area contributed by atoms with Gasteiger partial charge in [0.25, 0.3) is 5.91 Å². The summed E-state index contributed by atoms with van der Waals surface area (Å²) in [6, 6.07) is 15.5. The van der Waals surface area contributed by atoms with E-state index in [1.165, 1.54) is 4.90 Å². The number of amides is 1. The summed E-state index contributed by atoms with van der Waals surface area (Å²) in [6.07, 6.45) is 3.63. The molecule has 0 atom stereocenters. The molecule has 0 fully saturated rings. The highest BCUT2D eigenvalue weighted by molar-refractivity contribution is 7.98. The first-order valence-corrected chi connectivity index (χ1v) is 9.41. The third-order valence-electron chi connectivity index (χ3n) is 4.14. The molecule has 0 aliphatic rings. The maximum Gasteiger partial charge on any atom is 0.340 e. The quantitative estimate of drug-likeness (QED) is 0.532. The molecule has 0 aliphatic carbocycles. The minimum Gasteiger partial charge on any atom is -0.452 e. The Morgan fingerprint density at radius 3 is 2.58 bits per heavy atom. The average molecular weight is 368 g/mol. The van der Waals surface area contributed by atoms with E-state index in [2.05, 4.69) is 4.98 Å². The number of hydrogen-bond acceptors (Lipinski definition) is 4. The summed E-state index contributed by atoms with van der Waals surface area (Å²) >= 11 is 1.67. The highest BCUT2D eigenvalue weighted by Gasteiger charge is 2.16. The number of nitrogens with one attached hydrogen (secondary N) is 1. The lowest BCUT2D eigenvalue weighted by Crippen LogP contribution is -2.30. The number of aromatic amines is 1. The lowest BCUT2D eigenvalue weighted by molar-refractivity contribution is -0.133. The summed E-state index contributed by atoms with van der Waals surface area (Å²) < 4.78 is 5.20. The molecule has 3 rings (SSSR count). The number of aromatic nitrogens is 1. The number of thioether (sulfide) groups is 1. The van der Waals surface area contributed by atoms with Gasteiger partial charge in [0.15, 0.2) is 6.61 Å². The summed E-state index contributed by atoms with van der Waals surface area (Å²) in [5.41, 5.74) is 2.32. The molecule has 1 aromatic heterocycles. The third kappa shape index (κ3) is 4.08. The van der Waals surface area contributed by atoms with E-state index in [-0.39, 0.29) is 12.5 Å². The lowest BCUT2D eigenvalue weighted by atomic mass is 10.2. The van der Waals surface area contributed by atoms with Crippen LogP contribution in [-0.4, -0.2) is 41.7 Å². The molecule has 2 aromatic carbocycles. The van der Waals surface area contributed by atoms with Crippen LogP contribution in [0.3, 0.4) is 0 Å². The second-order valence-corrected chi connectivity index (χ2v) is 6.80. The largest absolute Gasteiger partial charge is 0.452 e. The predicted molar refractivity (Wildman–Crippen MR) is 103 cm³/mol. The van der Waals surface area contributed by atoms with Crippen molar-refractivity contribution in [2.45, 2.75) is 11.4 Å². The number of carbonyl (C=O) groups is 2. The molecular formula is C20H20N2O3S. The van der Waals surface area contributed by atoms with Crippen LogP contribution in [0.2, 0.25) is 0 Å². The van der Waals surface area contributed by atoms with Crippen molar-refractivity contribution in [2.24, 2.45) is 0 Å². The van der Waals surface area contributed by atoms with Crippen LogP contribution in [0.15, 0.2) is 59.6 Å². The number of nitrogens with zero attached hydrogens (tertiary/aromatic N) is 1. The summed E-state index contributed by atoms with van der Waals surface area (Å²) in [5, 5.41) is 0.784. The molecule has 134 valence electrons. The van der Waals surface area contributed by atoms with Crippen molar-refractivity contribution in [1.82, 2.24) is 9.88 Å². The van der Waals surface area contributed by atoms with Gasteiger partial charge in [-0.15, -0.1) is 11.8 Å². The number of H-pyrrole nitrogens is 1. The molecule has 5 nitrogen and oxygen atoms in total. The van der Waals surface area contributed by atoms with Crippen LogP contribution in [0.1, 0.15) is 15.9 Å². The van der Waals surface area contributed by atoms with Gasteiger partial charge in [0.05, 0.1) is 5.56 Å². The van der Waals surface area contributed by atoms with Crippen LogP contribution in [0.5, 0.6) is 0 Å². The van der Waals surface area contributed by atoms with Crippen molar-refractivity contribution >= 4 is 34.5 Å². The maximum atomic E-state index is 12.3.